The van der Waals surface area contributed by atoms with E-state index in [1.54, 1.807) is 0 Å². The van der Waals surface area contributed by atoms with Crippen LogP contribution in [0.4, 0.5) is 0 Å². The highest BCUT2D eigenvalue weighted by Gasteiger charge is 2.01. The van der Waals surface area contributed by atoms with E-state index >= 15 is 0 Å². The third kappa shape index (κ3) is 20.5. The molecule has 0 fully saturated rings. The molecule has 182 valence electrons. The van der Waals surface area contributed by atoms with Gasteiger partial charge in [0.1, 0.15) is 5.33 Å². The quantitative estimate of drug-likeness (QED) is 0.0644. The van der Waals surface area contributed by atoms with E-state index in [0.29, 0.717) is 6.61 Å². The van der Waals surface area contributed by atoms with Gasteiger partial charge in [-0.15, -0.1) is 0 Å². The van der Waals surface area contributed by atoms with Gasteiger partial charge in [0.15, 0.2) is 0 Å². The lowest BCUT2D eigenvalue weighted by molar-refractivity contribution is -0.140. The fraction of sp³-hybridized carbons (Fsp3) is 0.621. The molecular formula is C29H47BrO2. The van der Waals surface area contributed by atoms with Crippen LogP contribution in [-0.2, 0) is 9.53 Å². The van der Waals surface area contributed by atoms with Crippen LogP contribution in [0.3, 0.4) is 0 Å². The zero-order valence-corrected chi connectivity index (χ0v) is 23.1. The van der Waals surface area contributed by atoms with E-state index in [-0.39, 0.29) is 11.3 Å². The van der Waals surface area contributed by atoms with Gasteiger partial charge in [-0.2, -0.15) is 0 Å². The zero-order valence-electron chi connectivity index (χ0n) is 21.5. The van der Waals surface area contributed by atoms with Gasteiger partial charge >= 0.3 is 5.97 Å². The van der Waals surface area contributed by atoms with Crippen molar-refractivity contribution in [2.24, 2.45) is 5.92 Å². The predicted molar refractivity (Wildman–Crippen MR) is 145 cm³/mol. The van der Waals surface area contributed by atoms with Crippen LogP contribution in [-0.4, -0.2) is 17.9 Å². The van der Waals surface area contributed by atoms with Gasteiger partial charge in [-0.05, 0) is 91.9 Å². The average molecular weight is 508 g/mol. The summed E-state index contributed by atoms with van der Waals surface area (Å²) in [6, 6.07) is 0. The Labute approximate surface area is 207 Å². The largest absolute Gasteiger partial charge is 0.465 e. The molecule has 0 saturated heterocycles. The molecule has 0 aliphatic heterocycles. The van der Waals surface area contributed by atoms with E-state index in [1.165, 1.54) is 54.4 Å². The number of ether oxygens (including phenoxy) is 1. The second-order valence-electron chi connectivity index (χ2n) is 9.26. The van der Waals surface area contributed by atoms with Gasteiger partial charge in [0.25, 0.3) is 0 Å². The highest BCUT2D eigenvalue weighted by molar-refractivity contribution is 9.09. The number of hydrogen-bond acceptors (Lipinski definition) is 2. The molecule has 0 heterocycles. The Morgan fingerprint density at radius 1 is 0.875 bits per heavy atom. The van der Waals surface area contributed by atoms with Crippen LogP contribution in [0.25, 0.3) is 0 Å². The van der Waals surface area contributed by atoms with E-state index in [2.05, 4.69) is 93.9 Å². The summed E-state index contributed by atoms with van der Waals surface area (Å²) in [6.45, 7) is 13.8. The lowest BCUT2D eigenvalue weighted by atomic mass is 9.96. The molecule has 0 aromatic rings. The third-order valence-corrected chi connectivity index (χ3v) is 5.89. The minimum absolute atomic E-state index is 0.197. The Hall–Kier alpha value is -1.35. The molecule has 0 bridgehead atoms. The monoisotopic (exact) mass is 506 g/mol. The molecule has 0 radical (unpaired) electrons. The van der Waals surface area contributed by atoms with E-state index in [9.17, 15) is 4.79 Å². The number of carbonyl (C=O) groups excluding carboxylic acids is 1. The Morgan fingerprint density at radius 3 is 2.25 bits per heavy atom. The van der Waals surface area contributed by atoms with Crippen LogP contribution in [0.1, 0.15) is 99.3 Å². The lowest BCUT2D eigenvalue weighted by Gasteiger charge is -2.10. The topological polar surface area (TPSA) is 26.3 Å². The fourth-order valence-corrected chi connectivity index (χ4v) is 3.53. The first kappa shape index (κ1) is 30.6. The summed E-state index contributed by atoms with van der Waals surface area (Å²) in [5.74, 6) is 0.628. The maximum absolute atomic E-state index is 11.1. The average Bonchev–Trinajstić information content (AvgIpc) is 2.73. The first-order chi connectivity index (χ1) is 15.2. The number of unbranched alkanes of at least 4 members (excludes halogenated alkanes) is 1. The maximum atomic E-state index is 11.1. The van der Waals surface area contributed by atoms with Gasteiger partial charge in [0.2, 0.25) is 0 Å². The molecule has 0 N–H and O–H groups in total. The van der Waals surface area contributed by atoms with Crippen LogP contribution in [0.2, 0.25) is 0 Å². The van der Waals surface area contributed by atoms with Gasteiger partial charge in [0.05, 0.1) is 6.61 Å². The van der Waals surface area contributed by atoms with Crippen molar-refractivity contribution >= 4 is 21.9 Å². The smallest absolute Gasteiger partial charge is 0.316 e. The van der Waals surface area contributed by atoms with Crippen LogP contribution in [0, 0.1) is 5.92 Å². The molecule has 2 nitrogen and oxygen atoms in total. The van der Waals surface area contributed by atoms with Crippen LogP contribution < -0.4 is 0 Å². The van der Waals surface area contributed by atoms with E-state index in [0.717, 1.165) is 31.6 Å². The Balaban J connectivity index is 4.04. The van der Waals surface area contributed by atoms with Crippen molar-refractivity contribution in [2.75, 3.05) is 11.9 Å². The van der Waals surface area contributed by atoms with Gasteiger partial charge in [-0.25, -0.2) is 0 Å². The van der Waals surface area contributed by atoms with Crippen LogP contribution >= 0.6 is 15.9 Å². The molecule has 0 aliphatic rings. The van der Waals surface area contributed by atoms with Crippen LogP contribution in [0.15, 0.2) is 58.7 Å². The van der Waals surface area contributed by atoms with E-state index in [1.807, 2.05) is 0 Å². The maximum Gasteiger partial charge on any atom is 0.316 e. The summed E-state index contributed by atoms with van der Waals surface area (Å²) in [6.07, 6.45) is 23.9. The highest BCUT2D eigenvalue weighted by atomic mass is 79.9. The van der Waals surface area contributed by atoms with Gasteiger partial charge in [0, 0.05) is 0 Å². The number of esters is 1. The molecule has 0 aromatic heterocycles. The standard InChI is InChI=1S/C29H47BrO2/c1-24(2)13-9-16-27(5)19-10-17-25(3)14-7-8-15-26(4)18-11-20-28(6)21-12-22-32-29(31)23-30/h11,13-15,18,20,27H,7-10,12,16-17,19,21-23H2,1-6H3/b18-11?,25-14+,26-15+,28-20+. The molecule has 3 heteroatoms. The number of hydrogen-bond donors (Lipinski definition) is 0. The second-order valence-corrected chi connectivity index (χ2v) is 9.82. The summed E-state index contributed by atoms with van der Waals surface area (Å²) in [7, 11) is 0. The SMILES string of the molecule is CC(C)=CCCC(C)CCC/C(C)=C/CC/C=C(\C)C=C/C=C(\C)CCCOC(=O)CBr. The molecule has 1 unspecified atom stereocenters. The Kier molecular flexibility index (Phi) is 19.4. The highest BCUT2D eigenvalue weighted by Crippen LogP contribution is 2.18. The summed E-state index contributed by atoms with van der Waals surface area (Å²) in [5.41, 5.74) is 5.57. The number of carbonyl (C=O) groups is 1. The van der Waals surface area contributed by atoms with Crippen molar-refractivity contribution in [2.45, 2.75) is 99.3 Å². The first-order valence-corrected chi connectivity index (χ1v) is 13.4. The third-order valence-electron chi connectivity index (χ3n) is 5.43. The van der Waals surface area contributed by atoms with Crippen molar-refractivity contribution in [1.82, 2.24) is 0 Å². The van der Waals surface area contributed by atoms with Gasteiger partial charge in [-0.1, -0.05) is 88.0 Å². The summed E-state index contributed by atoms with van der Waals surface area (Å²) in [4.78, 5) is 11.1. The summed E-state index contributed by atoms with van der Waals surface area (Å²) >= 11 is 3.09. The number of rotatable bonds is 17. The summed E-state index contributed by atoms with van der Waals surface area (Å²) in [5, 5.41) is 0.266. The minimum atomic E-state index is -0.197. The molecule has 32 heavy (non-hydrogen) atoms. The molecule has 0 aliphatic carbocycles. The molecular weight excluding hydrogens is 460 g/mol. The van der Waals surface area contributed by atoms with E-state index < -0.39 is 0 Å². The number of allylic oxidation sites excluding steroid dienone is 10. The summed E-state index contributed by atoms with van der Waals surface area (Å²) < 4.78 is 5.06. The molecule has 0 amide bonds. The second kappa shape index (κ2) is 20.3. The van der Waals surface area contributed by atoms with E-state index in [4.69, 9.17) is 4.74 Å². The van der Waals surface area contributed by atoms with Crippen molar-refractivity contribution < 1.29 is 9.53 Å². The first-order valence-electron chi connectivity index (χ1n) is 12.3. The molecule has 0 rings (SSSR count). The normalized spacial score (nSPS) is 14.0. The number of alkyl halides is 1. The van der Waals surface area contributed by atoms with Gasteiger partial charge in [-0.3, -0.25) is 4.79 Å². The molecule has 0 spiro atoms. The molecule has 0 aromatic carbocycles. The zero-order chi connectivity index (χ0) is 24.2. The van der Waals surface area contributed by atoms with Crippen molar-refractivity contribution in [3.63, 3.8) is 0 Å². The fourth-order valence-electron chi connectivity index (χ4n) is 3.36. The number of halogens is 1. The van der Waals surface area contributed by atoms with Gasteiger partial charge < -0.3 is 4.74 Å². The van der Waals surface area contributed by atoms with Crippen molar-refractivity contribution in [1.29, 1.82) is 0 Å². The van der Waals surface area contributed by atoms with Crippen molar-refractivity contribution in [3.05, 3.63) is 58.7 Å². The van der Waals surface area contributed by atoms with Crippen molar-refractivity contribution in [3.8, 4) is 0 Å². The Bertz CT molecular complexity index is 661. The van der Waals surface area contributed by atoms with Crippen LogP contribution in [0.5, 0.6) is 0 Å². The lowest BCUT2D eigenvalue weighted by Crippen LogP contribution is -2.06. The predicted octanol–water partition coefficient (Wildman–Crippen LogP) is 9.43. The Morgan fingerprint density at radius 2 is 1.56 bits per heavy atom. The minimum Gasteiger partial charge on any atom is -0.465 e. The molecule has 0 saturated carbocycles. The molecule has 1 atom stereocenters.